The zero-order valence-corrected chi connectivity index (χ0v) is 26.1. The Morgan fingerprint density at radius 2 is 1.72 bits per heavy atom. The van der Waals surface area contributed by atoms with Crippen LogP contribution in [0, 0.1) is 0 Å². The highest BCUT2D eigenvalue weighted by Gasteiger charge is 2.50. The molecule has 0 bridgehead atoms. The summed E-state index contributed by atoms with van der Waals surface area (Å²) in [6, 6.07) is 20.0. The third-order valence-corrected chi connectivity index (χ3v) is 8.69. The molecule has 2 heterocycles. The van der Waals surface area contributed by atoms with E-state index in [4.69, 9.17) is 32.7 Å². The summed E-state index contributed by atoms with van der Waals surface area (Å²) in [5, 5.41) is 0.889. The lowest BCUT2D eigenvalue weighted by Gasteiger charge is -2.28. The van der Waals surface area contributed by atoms with Crippen LogP contribution < -0.4 is 14.4 Å². The number of carbonyl (C=O) groups is 2. The van der Waals surface area contributed by atoms with Gasteiger partial charge in [0, 0.05) is 58.4 Å². The molecule has 3 aromatic carbocycles. The Morgan fingerprint density at radius 1 is 0.953 bits per heavy atom. The molecule has 0 spiro atoms. The van der Waals surface area contributed by atoms with Crippen molar-refractivity contribution in [2.45, 2.75) is 32.2 Å². The highest BCUT2D eigenvalue weighted by atomic mass is 35.5. The number of anilines is 1. The number of halogens is 2. The smallest absolute Gasteiger partial charge is 0.253 e. The summed E-state index contributed by atoms with van der Waals surface area (Å²) in [7, 11) is 3.17. The third-order valence-electron chi connectivity index (χ3n) is 8.12. The van der Waals surface area contributed by atoms with Crippen LogP contribution in [0.5, 0.6) is 11.5 Å². The number of amides is 2. The number of pyridine rings is 1. The molecule has 2 amide bonds. The van der Waals surface area contributed by atoms with Gasteiger partial charge in [-0.2, -0.15) is 0 Å². The number of ether oxygens (including phenoxy) is 2. The fourth-order valence-electron chi connectivity index (χ4n) is 5.65. The maximum atomic E-state index is 14.5. The standard InChI is InChI=1S/C34H33Cl2N3O4/c1-5-38(17-14-22-12-15-37-16-13-22)32(40)23-7-10-29(36)27(18-23)34(2)28-19-25(35)8-11-30(28)39(33(34)41)21-24-6-9-26(42-3)20-31(24)43-4/h6-13,15-16,18-20H,5,14,17,21H2,1-4H3. The SMILES string of the molecule is CCN(CCc1ccncc1)C(=O)c1ccc(Cl)c(C2(C)C(=O)N(Cc3ccc(OC)cc3OC)c3ccc(Cl)cc32)c1. The maximum Gasteiger partial charge on any atom is 0.253 e. The van der Waals surface area contributed by atoms with E-state index in [9.17, 15) is 9.59 Å². The Morgan fingerprint density at radius 3 is 2.42 bits per heavy atom. The summed E-state index contributed by atoms with van der Waals surface area (Å²) >= 11 is 13.3. The summed E-state index contributed by atoms with van der Waals surface area (Å²) < 4.78 is 11.0. The molecule has 43 heavy (non-hydrogen) atoms. The van der Waals surface area contributed by atoms with Crippen LogP contribution in [0.2, 0.25) is 10.0 Å². The number of carbonyl (C=O) groups excluding carboxylic acids is 2. The second kappa shape index (κ2) is 12.7. The van der Waals surface area contributed by atoms with E-state index in [0.717, 1.165) is 16.8 Å². The zero-order chi connectivity index (χ0) is 30.7. The summed E-state index contributed by atoms with van der Waals surface area (Å²) in [6.45, 7) is 5.13. The van der Waals surface area contributed by atoms with E-state index in [1.807, 2.05) is 44.2 Å². The number of rotatable bonds is 10. The van der Waals surface area contributed by atoms with Gasteiger partial charge in [0.05, 0.1) is 20.8 Å². The first-order valence-corrected chi connectivity index (χ1v) is 14.8. The normalized spacial score (nSPS) is 15.8. The topological polar surface area (TPSA) is 72.0 Å². The van der Waals surface area contributed by atoms with Crippen molar-refractivity contribution in [3.05, 3.63) is 117 Å². The van der Waals surface area contributed by atoms with Crippen LogP contribution in [0.3, 0.4) is 0 Å². The molecule has 222 valence electrons. The van der Waals surface area contributed by atoms with Crippen LogP contribution >= 0.6 is 23.2 Å². The molecule has 0 radical (unpaired) electrons. The molecule has 1 aromatic heterocycles. The average Bonchev–Trinajstić information content (AvgIpc) is 3.23. The van der Waals surface area contributed by atoms with Crippen molar-refractivity contribution >= 4 is 40.7 Å². The Labute approximate surface area is 262 Å². The second-order valence-electron chi connectivity index (χ2n) is 10.5. The predicted molar refractivity (Wildman–Crippen MR) is 170 cm³/mol. The lowest BCUT2D eigenvalue weighted by molar-refractivity contribution is -0.121. The molecule has 5 rings (SSSR count). The number of methoxy groups -OCH3 is 2. The molecule has 0 fully saturated rings. The molecule has 0 saturated heterocycles. The number of hydrogen-bond acceptors (Lipinski definition) is 5. The first kappa shape index (κ1) is 30.4. The fraction of sp³-hybridized carbons (Fsp3) is 0.265. The number of benzene rings is 3. The van der Waals surface area contributed by atoms with Crippen LogP contribution in [-0.2, 0) is 23.2 Å². The van der Waals surface area contributed by atoms with Crippen LogP contribution in [0.1, 0.15) is 46.5 Å². The Hall–Kier alpha value is -4.07. The largest absolute Gasteiger partial charge is 0.497 e. The number of fused-ring (bicyclic) bond motifs is 1. The van der Waals surface area contributed by atoms with Gasteiger partial charge in [-0.25, -0.2) is 0 Å². The Kier molecular flexibility index (Phi) is 8.95. The van der Waals surface area contributed by atoms with E-state index in [2.05, 4.69) is 4.98 Å². The summed E-state index contributed by atoms with van der Waals surface area (Å²) in [5.41, 5.74) is 3.16. The van der Waals surface area contributed by atoms with Gasteiger partial charge in [0.25, 0.3) is 5.91 Å². The van der Waals surface area contributed by atoms with Crippen molar-refractivity contribution in [2.75, 3.05) is 32.2 Å². The van der Waals surface area contributed by atoms with Crippen molar-refractivity contribution in [3.63, 3.8) is 0 Å². The van der Waals surface area contributed by atoms with Gasteiger partial charge in [-0.15, -0.1) is 0 Å². The van der Waals surface area contributed by atoms with Gasteiger partial charge in [0.2, 0.25) is 5.91 Å². The zero-order valence-electron chi connectivity index (χ0n) is 24.6. The molecule has 0 N–H and O–H groups in total. The van der Waals surface area contributed by atoms with Gasteiger partial charge in [-0.1, -0.05) is 23.2 Å². The quantitative estimate of drug-likeness (QED) is 0.192. The van der Waals surface area contributed by atoms with E-state index >= 15 is 0 Å². The van der Waals surface area contributed by atoms with Gasteiger partial charge >= 0.3 is 0 Å². The van der Waals surface area contributed by atoms with Crippen molar-refractivity contribution in [1.29, 1.82) is 0 Å². The molecule has 9 heteroatoms. The number of hydrogen-bond donors (Lipinski definition) is 0. The fourth-order valence-corrected chi connectivity index (χ4v) is 6.13. The van der Waals surface area contributed by atoms with Crippen LogP contribution in [0.25, 0.3) is 0 Å². The highest BCUT2D eigenvalue weighted by molar-refractivity contribution is 6.33. The summed E-state index contributed by atoms with van der Waals surface area (Å²) in [5.74, 6) is 0.947. The number of nitrogens with zero attached hydrogens (tertiary/aromatic N) is 3. The molecule has 4 aromatic rings. The predicted octanol–water partition coefficient (Wildman–Crippen LogP) is 6.96. The van der Waals surface area contributed by atoms with E-state index in [0.29, 0.717) is 57.7 Å². The second-order valence-corrected chi connectivity index (χ2v) is 11.4. The highest BCUT2D eigenvalue weighted by Crippen LogP contribution is 2.49. The van der Waals surface area contributed by atoms with Crippen molar-refractivity contribution < 1.29 is 19.1 Å². The van der Waals surface area contributed by atoms with Crippen molar-refractivity contribution in [1.82, 2.24) is 9.88 Å². The molecular formula is C34H33Cl2N3O4. The van der Waals surface area contributed by atoms with Crippen molar-refractivity contribution in [3.8, 4) is 11.5 Å². The minimum absolute atomic E-state index is 0.130. The summed E-state index contributed by atoms with van der Waals surface area (Å²) in [4.78, 5) is 35.8. The molecule has 1 aliphatic rings. The third kappa shape index (κ3) is 5.79. The van der Waals surface area contributed by atoms with Gasteiger partial charge in [-0.05, 0) is 97.6 Å². The van der Waals surface area contributed by atoms with Crippen LogP contribution in [-0.4, -0.2) is 49.0 Å². The first-order chi connectivity index (χ1) is 20.7. The number of aromatic nitrogens is 1. The molecule has 0 saturated carbocycles. The Balaban J connectivity index is 1.51. The average molecular weight is 619 g/mol. The first-order valence-electron chi connectivity index (χ1n) is 14.0. The van der Waals surface area contributed by atoms with Gasteiger partial charge in [0.15, 0.2) is 0 Å². The molecule has 1 aliphatic heterocycles. The van der Waals surface area contributed by atoms with E-state index in [-0.39, 0.29) is 18.4 Å². The van der Waals surface area contributed by atoms with Gasteiger partial charge in [-0.3, -0.25) is 14.6 Å². The van der Waals surface area contributed by atoms with E-state index < -0.39 is 5.41 Å². The Bertz CT molecular complexity index is 1660. The van der Waals surface area contributed by atoms with Crippen molar-refractivity contribution in [2.24, 2.45) is 0 Å². The lowest BCUT2D eigenvalue weighted by Crippen LogP contribution is -2.39. The molecular weight excluding hydrogens is 585 g/mol. The molecule has 1 unspecified atom stereocenters. The van der Waals surface area contributed by atoms with Gasteiger partial charge in [0.1, 0.15) is 16.9 Å². The van der Waals surface area contributed by atoms with Crippen LogP contribution in [0.4, 0.5) is 5.69 Å². The van der Waals surface area contributed by atoms with E-state index in [1.165, 1.54) is 0 Å². The maximum absolute atomic E-state index is 14.5. The lowest BCUT2D eigenvalue weighted by atomic mass is 9.76. The minimum Gasteiger partial charge on any atom is -0.497 e. The summed E-state index contributed by atoms with van der Waals surface area (Å²) in [6.07, 6.45) is 4.20. The van der Waals surface area contributed by atoms with E-state index in [1.54, 1.807) is 72.8 Å². The molecule has 1 atom stereocenters. The number of likely N-dealkylation sites (N-methyl/N-ethyl adjacent to an activating group) is 1. The minimum atomic E-state index is -1.19. The van der Waals surface area contributed by atoms with Gasteiger partial charge < -0.3 is 19.3 Å². The van der Waals surface area contributed by atoms with Crippen LogP contribution in [0.15, 0.2) is 79.1 Å². The molecule has 7 nitrogen and oxygen atoms in total. The molecule has 0 aliphatic carbocycles. The monoisotopic (exact) mass is 617 g/mol.